The molecular formula is C14H17NO2. The monoisotopic (exact) mass is 231 g/mol. The van der Waals surface area contributed by atoms with Gasteiger partial charge in [-0.05, 0) is 37.8 Å². The lowest BCUT2D eigenvalue weighted by molar-refractivity contribution is 0.0137. The summed E-state index contributed by atoms with van der Waals surface area (Å²) < 4.78 is 6.11. The molecule has 1 aromatic rings. The zero-order chi connectivity index (χ0) is 11.9. The summed E-state index contributed by atoms with van der Waals surface area (Å²) in [6.07, 6.45) is 6.09. The van der Waals surface area contributed by atoms with Gasteiger partial charge in [0.25, 0.3) is 0 Å². The van der Waals surface area contributed by atoms with Crippen molar-refractivity contribution in [3.8, 4) is 5.75 Å². The van der Waals surface area contributed by atoms with E-state index in [9.17, 15) is 4.79 Å². The number of anilines is 1. The molecule has 1 heterocycles. The van der Waals surface area contributed by atoms with Crippen molar-refractivity contribution >= 4 is 11.5 Å². The Morgan fingerprint density at radius 2 is 1.94 bits per heavy atom. The van der Waals surface area contributed by atoms with Crippen molar-refractivity contribution in [2.24, 2.45) is 0 Å². The topological polar surface area (TPSA) is 52.3 Å². The maximum atomic E-state index is 12.1. The smallest absolute Gasteiger partial charge is 0.170 e. The third kappa shape index (κ3) is 1.79. The van der Waals surface area contributed by atoms with Gasteiger partial charge in [-0.3, -0.25) is 4.79 Å². The normalized spacial score (nSPS) is 22.0. The van der Waals surface area contributed by atoms with E-state index >= 15 is 0 Å². The molecule has 1 aliphatic heterocycles. The lowest BCUT2D eigenvalue weighted by atomic mass is 9.78. The SMILES string of the molecule is Nc1ccc2c(c1)OC1(CCCCC1)CC2=O. The number of carbonyl (C=O) groups is 1. The van der Waals surface area contributed by atoms with Crippen molar-refractivity contribution in [3.05, 3.63) is 23.8 Å². The van der Waals surface area contributed by atoms with Crippen LogP contribution in [-0.2, 0) is 0 Å². The minimum absolute atomic E-state index is 0.202. The Labute approximate surface area is 101 Å². The summed E-state index contributed by atoms with van der Waals surface area (Å²) in [7, 11) is 0. The van der Waals surface area contributed by atoms with Crippen molar-refractivity contribution in [1.29, 1.82) is 0 Å². The number of nitrogen functional groups attached to an aromatic ring is 1. The first-order valence-corrected chi connectivity index (χ1v) is 6.30. The van der Waals surface area contributed by atoms with E-state index < -0.39 is 0 Å². The molecule has 1 aliphatic carbocycles. The second kappa shape index (κ2) is 3.76. The molecule has 1 fully saturated rings. The third-order valence-corrected chi connectivity index (χ3v) is 3.88. The van der Waals surface area contributed by atoms with Crippen molar-refractivity contribution in [1.82, 2.24) is 0 Å². The van der Waals surface area contributed by atoms with Crippen molar-refractivity contribution in [2.75, 3.05) is 5.73 Å². The molecule has 3 rings (SSSR count). The fourth-order valence-electron chi connectivity index (χ4n) is 2.99. The van der Waals surface area contributed by atoms with Crippen LogP contribution < -0.4 is 10.5 Å². The van der Waals surface area contributed by atoms with Gasteiger partial charge in [-0.15, -0.1) is 0 Å². The number of ether oxygens (including phenoxy) is 1. The molecule has 0 atom stereocenters. The lowest BCUT2D eigenvalue weighted by Crippen LogP contribution is -2.43. The molecule has 0 aromatic heterocycles. The van der Waals surface area contributed by atoms with Crippen LogP contribution >= 0.6 is 0 Å². The van der Waals surface area contributed by atoms with Gasteiger partial charge in [-0.1, -0.05) is 6.42 Å². The average molecular weight is 231 g/mol. The van der Waals surface area contributed by atoms with Crippen LogP contribution in [0.3, 0.4) is 0 Å². The van der Waals surface area contributed by atoms with Gasteiger partial charge in [-0.25, -0.2) is 0 Å². The minimum atomic E-state index is -0.240. The number of Topliss-reactive ketones (excluding diaryl/α,β-unsaturated/α-hetero) is 1. The molecule has 1 saturated carbocycles. The molecular weight excluding hydrogens is 214 g/mol. The first-order valence-electron chi connectivity index (χ1n) is 6.30. The molecule has 0 bridgehead atoms. The summed E-state index contributed by atoms with van der Waals surface area (Å²) in [5.41, 5.74) is 6.86. The largest absolute Gasteiger partial charge is 0.486 e. The van der Waals surface area contributed by atoms with E-state index in [1.807, 2.05) is 0 Å². The Morgan fingerprint density at radius 3 is 2.71 bits per heavy atom. The quantitative estimate of drug-likeness (QED) is 0.698. The number of benzene rings is 1. The molecule has 0 radical (unpaired) electrons. The molecule has 3 heteroatoms. The summed E-state index contributed by atoms with van der Waals surface area (Å²) in [6, 6.07) is 5.32. The fraction of sp³-hybridized carbons (Fsp3) is 0.500. The second-order valence-corrected chi connectivity index (χ2v) is 5.20. The van der Waals surface area contributed by atoms with E-state index in [1.165, 1.54) is 6.42 Å². The van der Waals surface area contributed by atoms with Gasteiger partial charge >= 0.3 is 0 Å². The molecule has 3 nitrogen and oxygen atoms in total. The Balaban J connectivity index is 1.98. The predicted octanol–water partition coefficient (Wildman–Crippen LogP) is 2.94. The number of ketones is 1. The molecule has 1 aromatic carbocycles. The zero-order valence-electron chi connectivity index (χ0n) is 9.87. The maximum absolute atomic E-state index is 12.1. The van der Waals surface area contributed by atoms with E-state index in [0.717, 1.165) is 25.7 Å². The molecule has 2 aliphatic rings. The van der Waals surface area contributed by atoms with Gasteiger partial charge in [0.1, 0.15) is 11.4 Å². The van der Waals surface area contributed by atoms with Gasteiger partial charge in [0, 0.05) is 11.8 Å². The van der Waals surface area contributed by atoms with E-state index in [2.05, 4.69) is 0 Å². The van der Waals surface area contributed by atoms with Crippen LogP contribution in [0, 0.1) is 0 Å². The summed E-state index contributed by atoms with van der Waals surface area (Å²) in [5.74, 6) is 0.885. The van der Waals surface area contributed by atoms with Crippen LogP contribution in [0.25, 0.3) is 0 Å². The first-order chi connectivity index (χ1) is 8.19. The number of nitrogens with two attached hydrogens (primary N) is 1. The van der Waals surface area contributed by atoms with Gasteiger partial charge in [0.15, 0.2) is 5.78 Å². The summed E-state index contributed by atoms with van der Waals surface area (Å²) in [4.78, 5) is 12.1. The van der Waals surface area contributed by atoms with Gasteiger partial charge in [0.05, 0.1) is 12.0 Å². The number of fused-ring (bicyclic) bond motifs is 1. The van der Waals surface area contributed by atoms with Gasteiger partial charge < -0.3 is 10.5 Å². The highest BCUT2D eigenvalue weighted by Gasteiger charge is 2.41. The number of carbonyl (C=O) groups excluding carboxylic acids is 1. The third-order valence-electron chi connectivity index (χ3n) is 3.88. The van der Waals surface area contributed by atoms with Crippen molar-refractivity contribution in [2.45, 2.75) is 44.1 Å². The van der Waals surface area contributed by atoms with E-state index in [0.29, 0.717) is 23.4 Å². The van der Waals surface area contributed by atoms with Crippen molar-refractivity contribution < 1.29 is 9.53 Å². The highest BCUT2D eigenvalue weighted by Crippen LogP contribution is 2.42. The van der Waals surface area contributed by atoms with Crippen LogP contribution in [0.2, 0.25) is 0 Å². The van der Waals surface area contributed by atoms with Gasteiger partial charge in [0.2, 0.25) is 0 Å². The van der Waals surface area contributed by atoms with Crippen molar-refractivity contribution in [3.63, 3.8) is 0 Å². The van der Waals surface area contributed by atoms with E-state index in [4.69, 9.17) is 10.5 Å². The average Bonchev–Trinajstić information content (AvgIpc) is 2.29. The van der Waals surface area contributed by atoms with Crippen LogP contribution in [-0.4, -0.2) is 11.4 Å². The molecule has 0 unspecified atom stereocenters. The predicted molar refractivity (Wildman–Crippen MR) is 66.2 cm³/mol. The zero-order valence-corrected chi connectivity index (χ0v) is 9.87. The lowest BCUT2D eigenvalue weighted by Gasteiger charge is -2.40. The maximum Gasteiger partial charge on any atom is 0.170 e. The van der Waals surface area contributed by atoms with Crippen LogP contribution in [0.1, 0.15) is 48.9 Å². The summed E-state index contributed by atoms with van der Waals surface area (Å²) in [5, 5.41) is 0. The minimum Gasteiger partial charge on any atom is -0.486 e. The Morgan fingerprint density at radius 1 is 1.18 bits per heavy atom. The van der Waals surface area contributed by atoms with E-state index in [-0.39, 0.29) is 11.4 Å². The second-order valence-electron chi connectivity index (χ2n) is 5.20. The summed E-state index contributed by atoms with van der Waals surface area (Å²) >= 11 is 0. The molecule has 17 heavy (non-hydrogen) atoms. The van der Waals surface area contributed by atoms with Crippen LogP contribution in [0.4, 0.5) is 5.69 Å². The highest BCUT2D eigenvalue weighted by molar-refractivity contribution is 6.00. The number of rotatable bonds is 0. The van der Waals surface area contributed by atoms with Crippen LogP contribution in [0.15, 0.2) is 18.2 Å². The molecule has 0 saturated heterocycles. The van der Waals surface area contributed by atoms with Gasteiger partial charge in [-0.2, -0.15) is 0 Å². The molecule has 1 spiro atoms. The standard InChI is InChI=1S/C14H17NO2/c15-10-4-5-11-12(16)9-14(17-13(11)8-10)6-2-1-3-7-14/h4-5,8H,1-3,6-7,9,15H2. The number of hydrogen-bond acceptors (Lipinski definition) is 3. The fourth-order valence-corrected chi connectivity index (χ4v) is 2.99. The Kier molecular flexibility index (Phi) is 2.35. The Hall–Kier alpha value is -1.51. The Bertz CT molecular complexity index is 461. The molecule has 0 amide bonds. The van der Waals surface area contributed by atoms with Crippen LogP contribution in [0.5, 0.6) is 5.75 Å². The molecule has 90 valence electrons. The highest BCUT2D eigenvalue weighted by atomic mass is 16.5. The number of hydrogen-bond donors (Lipinski definition) is 1. The van der Waals surface area contributed by atoms with E-state index in [1.54, 1.807) is 18.2 Å². The first kappa shape index (κ1) is 10.6. The summed E-state index contributed by atoms with van der Waals surface area (Å²) in [6.45, 7) is 0. The molecule has 2 N–H and O–H groups in total.